The molecular weight excluding hydrogens is 405 g/mol. The molecule has 2 heterocycles. The number of aromatic nitrogens is 3. The van der Waals surface area contributed by atoms with Gasteiger partial charge in [-0.1, -0.05) is 12.8 Å². The molecule has 2 aromatic heterocycles. The van der Waals surface area contributed by atoms with Gasteiger partial charge in [-0.2, -0.15) is 5.10 Å². The van der Waals surface area contributed by atoms with Crippen molar-refractivity contribution in [2.45, 2.75) is 45.2 Å². The molecule has 1 saturated carbocycles. The van der Waals surface area contributed by atoms with E-state index >= 15 is 0 Å². The van der Waals surface area contributed by atoms with Gasteiger partial charge in [0, 0.05) is 17.8 Å². The number of carbonyl (C=O) groups excluding carboxylic acids is 2. The summed E-state index contributed by atoms with van der Waals surface area (Å²) in [5.41, 5.74) is 1.86. The minimum absolute atomic E-state index is 0.0786. The molecule has 0 spiro atoms. The maximum Gasteiger partial charge on any atom is 0.267 e. The Kier molecular flexibility index (Phi) is 5.89. The molecule has 7 nitrogen and oxygen atoms in total. The van der Waals surface area contributed by atoms with Crippen LogP contribution in [-0.4, -0.2) is 32.6 Å². The molecule has 3 aromatic rings. The van der Waals surface area contributed by atoms with Crippen molar-refractivity contribution in [1.82, 2.24) is 20.1 Å². The van der Waals surface area contributed by atoms with E-state index in [0.29, 0.717) is 21.3 Å². The molecule has 2 N–H and O–H groups in total. The van der Waals surface area contributed by atoms with Gasteiger partial charge in [0.05, 0.1) is 17.6 Å². The van der Waals surface area contributed by atoms with Crippen molar-refractivity contribution in [3.8, 4) is 10.6 Å². The fraction of sp³-hybridized carbons (Fsp3) is 0.333. The standard InChI is InChI=1S/C21H22FN5O2S/c1-13-19(30-21(24-13)14-6-8-15(22)9-7-14)20(29)26-17-10-23-27(11-17)12-18(28)25-16-4-2-3-5-16/h6-11,16H,2-5,12H2,1H3,(H,25,28)(H,26,29). The Morgan fingerprint density at radius 2 is 1.97 bits per heavy atom. The maximum atomic E-state index is 13.1. The number of halogens is 1. The number of amides is 2. The molecule has 0 aliphatic heterocycles. The summed E-state index contributed by atoms with van der Waals surface area (Å²) in [4.78, 5) is 29.7. The van der Waals surface area contributed by atoms with Crippen LogP contribution in [0.15, 0.2) is 36.7 Å². The maximum absolute atomic E-state index is 13.1. The monoisotopic (exact) mass is 427 g/mol. The van der Waals surface area contributed by atoms with Crippen molar-refractivity contribution >= 4 is 28.8 Å². The van der Waals surface area contributed by atoms with Crippen LogP contribution in [0.1, 0.15) is 41.0 Å². The minimum Gasteiger partial charge on any atom is -0.352 e. The lowest BCUT2D eigenvalue weighted by atomic mass is 10.2. The molecule has 2 amide bonds. The highest BCUT2D eigenvalue weighted by Gasteiger charge is 2.19. The highest BCUT2D eigenvalue weighted by Crippen LogP contribution is 2.28. The quantitative estimate of drug-likeness (QED) is 0.627. The highest BCUT2D eigenvalue weighted by atomic mass is 32.1. The minimum atomic E-state index is -0.320. The van der Waals surface area contributed by atoms with Gasteiger partial charge in [0.15, 0.2) is 0 Å². The molecule has 0 saturated heterocycles. The van der Waals surface area contributed by atoms with E-state index in [2.05, 4.69) is 20.7 Å². The van der Waals surface area contributed by atoms with Gasteiger partial charge in [0.1, 0.15) is 22.2 Å². The SMILES string of the molecule is Cc1nc(-c2ccc(F)cc2)sc1C(=O)Nc1cnn(CC(=O)NC2CCCC2)c1. The van der Waals surface area contributed by atoms with Gasteiger partial charge in [-0.25, -0.2) is 9.37 Å². The third-order valence-electron chi connectivity index (χ3n) is 5.01. The van der Waals surface area contributed by atoms with Crippen LogP contribution in [0.2, 0.25) is 0 Å². The van der Waals surface area contributed by atoms with E-state index in [1.54, 1.807) is 25.3 Å². The lowest BCUT2D eigenvalue weighted by molar-refractivity contribution is -0.122. The summed E-state index contributed by atoms with van der Waals surface area (Å²) in [5.74, 6) is -0.697. The summed E-state index contributed by atoms with van der Waals surface area (Å²) in [6.45, 7) is 1.87. The zero-order valence-corrected chi connectivity index (χ0v) is 17.3. The van der Waals surface area contributed by atoms with E-state index in [0.717, 1.165) is 31.2 Å². The molecule has 0 bridgehead atoms. The molecular formula is C21H22FN5O2S. The fourth-order valence-corrected chi connectivity index (χ4v) is 4.48. The lowest BCUT2D eigenvalue weighted by Crippen LogP contribution is -2.35. The smallest absolute Gasteiger partial charge is 0.267 e. The summed E-state index contributed by atoms with van der Waals surface area (Å²) >= 11 is 1.24. The molecule has 4 rings (SSSR count). The van der Waals surface area contributed by atoms with Gasteiger partial charge in [-0.15, -0.1) is 11.3 Å². The van der Waals surface area contributed by atoms with Crippen LogP contribution in [0.3, 0.4) is 0 Å². The van der Waals surface area contributed by atoms with Crippen molar-refractivity contribution in [2.24, 2.45) is 0 Å². The normalized spacial score (nSPS) is 14.1. The molecule has 1 aliphatic rings. The number of aryl methyl sites for hydroxylation is 1. The Bertz CT molecular complexity index is 1050. The predicted molar refractivity (Wildman–Crippen MR) is 113 cm³/mol. The highest BCUT2D eigenvalue weighted by molar-refractivity contribution is 7.17. The number of benzene rings is 1. The average Bonchev–Trinajstić information content (AvgIpc) is 3.44. The summed E-state index contributed by atoms with van der Waals surface area (Å²) < 4.78 is 14.6. The van der Waals surface area contributed by atoms with Gasteiger partial charge in [-0.05, 0) is 44.0 Å². The van der Waals surface area contributed by atoms with Crippen LogP contribution in [0, 0.1) is 12.7 Å². The second kappa shape index (κ2) is 8.74. The van der Waals surface area contributed by atoms with Crippen molar-refractivity contribution in [2.75, 3.05) is 5.32 Å². The first kappa shape index (κ1) is 20.2. The summed E-state index contributed by atoms with van der Waals surface area (Å²) in [6.07, 6.45) is 7.51. The summed E-state index contributed by atoms with van der Waals surface area (Å²) in [6, 6.07) is 6.26. The van der Waals surface area contributed by atoms with Gasteiger partial charge < -0.3 is 10.6 Å². The van der Waals surface area contributed by atoms with Gasteiger partial charge in [0.2, 0.25) is 5.91 Å². The van der Waals surface area contributed by atoms with E-state index in [-0.39, 0.29) is 30.2 Å². The molecule has 156 valence electrons. The summed E-state index contributed by atoms with van der Waals surface area (Å²) in [5, 5.41) is 10.6. The molecule has 9 heteroatoms. The van der Waals surface area contributed by atoms with E-state index in [1.165, 1.54) is 34.3 Å². The van der Waals surface area contributed by atoms with Crippen molar-refractivity contribution < 1.29 is 14.0 Å². The van der Waals surface area contributed by atoms with Crippen LogP contribution in [0.5, 0.6) is 0 Å². The Morgan fingerprint density at radius 3 is 2.70 bits per heavy atom. The predicted octanol–water partition coefficient (Wildman–Crippen LogP) is 3.77. The third-order valence-corrected chi connectivity index (χ3v) is 6.22. The van der Waals surface area contributed by atoms with Crippen molar-refractivity contribution in [3.05, 3.63) is 53.0 Å². The average molecular weight is 428 g/mol. The van der Waals surface area contributed by atoms with Gasteiger partial charge in [0.25, 0.3) is 5.91 Å². The molecule has 0 radical (unpaired) electrons. The van der Waals surface area contributed by atoms with Gasteiger partial charge in [-0.3, -0.25) is 14.3 Å². The molecule has 0 unspecified atom stereocenters. The second-order valence-corrected chi connectivity index (χ2v) is 8.37. The zero-order valence-electron chi connectivity index (χ0n) is 16.5. The number of rotatable bonds is 6. The van der Waals surface area contributed by atoms with E-state index in [9.17, 15) is 14.0 Å². The number of thiazole rings is 1. The summed E-state index contributed by atoms with van der Waals surface area (Å²) in [7, 11) is 0. The van der Waals surface area contributed by atoms with Crippen molar-refractivity contribution in [1.29, 1.82) is 0 Å². The zero-order chi connectivity index (χ0) is 21.1. The van der Waals surface area contributed by atoms with Crippen LogP contribution in [-0.2, 0) is 11.3 Å². The third kappa shape index (κ3) is 4.73. The Morgan fingerprint density at radius 1 is 1.23 bits per heavy atom. The Balaban J connectivity index is 1.38. The topological polar surface area (TPSA) is 88.9 Å². The van der Waals surface area contributed by atoms with Crippen LogP contribution in [0.4, 0.5) is 10.1 Å². The Labute approximate surface area is 177 Å². The van der Waals surface area contributed by atoms with Crippen LogP contribution in [0.25, 0.3) is 10.6 Å². The first-order valence-corrected chi connectivity index (χ1v) is 10.7. The number of carbonyl (C=O) groups is 2. The fourth-order valence-electron chi connectivity index (χ4n) is 3.52. The first-order valence-electron chi connectivity index (χ1n) is 9.84. The van der Waals surface area contributed by atoms with E-state index in [4.69, 9.17) is 0 Å². The molecule has 30 heavy (non-hydrogen) atoms. The first-order chi connectivity index (χ1) is 14.5. The van der Waals surface area contributed by atoms with Crippen molar-refractivity contribution in [3.63, 3.8) is 0 Å². The molecule has 1 aromatic carbocycles. The molecule has 0 atom stereocenters. The van der Waals surface area contributed by atoms with E-state index < -0.39 is 0 Å². The largest absolute Gasteiger partial charge is 0.352 e. The lowest BCUT2D eigenvalue weighted by Gasteiger charge is -2.11. The van der Waals surface area contributed by atoms with Crippen LogP contribution >= 0.6 is 11.3 Å². The van der Waals surface area contributed by atoms with Gasteiger partial charge >= 0.3 is 0 Å². The number of nitrogens with one attached hydrogen (secondary N) is 2. The number of hydrogen-bond donors (Lipinski definition) is 2. The molecule has 1 fully saturated rings. The number of anilines is 1. The van der Waals surface area contributed by atoms with Crippen LogP contribution < -0.4 is 10.6 Å². The van der Waals surface area contributed by atoms with E-state index in [1.807, 2.05) is 0 Å². The second-order valence-electron chi connectivity index (χ2n) is 7.37. The molecule has 1 aliphatic carbocycles. The number of hydrogen-bond acceptors (Lipinski definition) is 5. The Hall–Kier alpha value is -3.07. The number of nitrogens with zero attached hydrogens (tertiary/aromatic N) is 3.